The lowest BCUT2D eigenvalue weighted by molar-refractivity contribution is -0.977. The lowest BCUT2D eigenvalue weighted by Gasteiger charge is -2.38. The third kappa shape index (κ3) is 7.69. The lowest BCUT2D eigenvalue weighted by atomic mass is 9.81. The van der Waals surface area contributed by atoms with Crippen LogP contribution in [0.2, 0.25) is 0 Å². The van der Waals surface area contributed by atoms with Gasteiger partial charge in [-0.1, -0.05) is 218 Å². The van der Waals surface area contributed by atoms with Gasteiger partial charge in [-0.05, 0) is 148 Å². The van der Waals surface area contributed by atoms with Gasteiger partial charge in [0.25, 0.3) is 0 Å². The maximum Gasteiger partial charge on any atom is 0.106 e. The van der Waals surface area contributed by atoms with Crippen LogP contribution >= 0.6 is 0 Å². The molecule has 12 aromatic carbocycles. The molecule has 2 aliphatic rings. The standard InChI is InChI=1S/C72H52N/c1-5-21-49(22-6-1)57-37-58(50-23-7-2-8-24-50)40-61(39-57)67-43-53-29-13-19-35-65(53)71-69(67)47-73(45-55-31-15-17-33-63(55)64-34-18-16-32-56(64)46-73)48-70-68(44-54-30-14-20-36-66(54)72(70)71)62-41-59(51-25-9-3-10-26-51)38-60(42-62)52-27-11-4-12-28-52/h1-44H,45-48H2/q+1. The van der Waals surface area contributed by atoms with Crippen LogP contribution in [0.25, 0.3) is 111 Å². The quantitative estimate of drug-likeness (QED) is 0.146. The van der Waals surface area contributed by atoms with Crippen molar-refractivity contribution in [2.24, 2.45) is 0 Å². The van der Waals surface area contributed by atoms with Crippen LogP contribution in [0, 0.1) is 0 Å². The first kappa shape index (κ1) is 43.0. The summed E-state index contributed by atoms with van der Waals surface area (Å²) in [6.45, 7) is 3.47. The SMILES string of the molecule is c1ccc(-c2cc(-c3ccccc3)cc(-c3cc4ccccc4c4c3C[N+]3(Cc5ccccc5-c5ccccc5C3)Cc3c(-c5cc(-c6ccccc6)cc(-c6ccccc6)c5)cc5ccccc5c3-4)c2)cc1. The molecular formula is C72H52N+. The van der Waals surface area contributed by atoms with E-state index in [0.29, 0.717) is 0 Å². The molecule has 1 spiro atoms. The van der Waals surface area contributed by atoms with Gasteiger partial charge < -0.3 is 4.48 Å². The van der Waals surface area contributed by atoms with E-state index in [0.717, 1.165) is 30.7 Å². The third-order valence-electron chi connectivity index (χ3n) is 15.8. The maximum absolute atomic E-state index is 2.52. The highest BCUT2D eigenvalue weighted by molar-refractivity contribution is 6.12. The minimum absolute atomic E-state index is 0.832. The molecule has 0 bridgehead atoms. The summed E-state index contributed by atoms with van der Waals surface area (Å²) in [6.07, 6.45) is 0. The zero-order valence-electron chi connectivity index (χ0n) is 40.7. The van der Waals surface area contributed by atoms with E-state index in [2.05, 4.69) is 267 Å². The number of nitrogens with zero attached hydrogens (tertiary/aromatic N) is 1. The minimum atomic E-state index is 0.832. The number of rotatable bonds is 6. The van der Waals surface area contributed by atoms with Gasteiger partial charge in [0.05, 0.1) is 0 Å². The Kier molecular flexibility index (Phi) is 10.4. The number of hydrogen-bond acceptors (Lipinski definition) is 0. The van der Waals surface area contributed by atoms with Gasteiger partial charge in [0.1, 0.15) is 26.2 Å². The fourth-order valence-electron chi connectivity index (χ4n) is 12.5. The summed E-state index contributed by atoms with van der Waals surface area (Å²) in [6, 6.07) is 100. The van der Waals surface area contributed by atoms with Gasteiger partial charge in [0.15, 0.2) is 0 Å². The average molecular weight is 931 g/mol. The molecule has 2 heterocycles. The smallest absolute Gasteiger partial charge is 0.106 e. The second kappa shape index (κ2) is 17.8. The third-order valence-corrected chi connectivity index (χ3v) is 15.8. The van der Waals surface area contributed by atoms with Crippen LogP contribution in [0.4, 0.5) is 0 Å². The summed E-state index contributed by atoms with van der Waals surface area (Å²) in [7, 11) is 0. The van der Waals surface area contributed by atoms with Crippen molar-refractivity contribution < 1.29 is 4.48 Å². The molecule has 0 radical (unpaired) electrons. The van der Waals surface area contributed by atoms with E-state index in [-0.39, 0.29) is 0 Å². The molecule has 1 nitrogen and oxygen atoms in total. The Morgan fingerprint density at radius 3 is 0.890 bits per heavy atom. The van der Waals surface area contributed by atoms with E-state index >= 15 is 0 Å². The Bertz CT molecular complexity index is 3680. The molecule has 0 fully saturated rings. The maximum atomic E-state index is 2.52. The lowest BCUT2D eigenvalue weighted by Crippen LogP contribution is -2.44. The normalized spacial score (nSPS) is 13.4. The molecule has 2 aliphatic heterocycles. The molecule has 0 N–H and O–H groups in total. The van der Waals surface area contributed by atoms with E-state index in [9.17, 15) is 0 Å². The molecule has 14 rings (SSSR count). The second-order valence-electron chi connectivity index (χ2n) is 20.3. The van der Waals surface area contributed by atoms with Crippen LogP contribution in [0.3, 0.4) is 0 Å². The van der Waals surface area contributed by atoms with Crippen LogP contribution in [0.1, 0.15) is 22.3 Å². The monoisotopic (exact) mass is 930 g/mol. The molecule has 0 amide bonds. The molecule has 0 saturated carbocycles. The fraction of sp³-hybridized carbons (Fsp3) is 0.0556. The van der Waals surface area contributed by atoms with Crippen LogP contribution in [0.5, 0.6) is 0 Å². The average Bonchev–Trinajstić information content (AvgIpc) is 3.70. The zero-order chi connectivity index (χ0) is 48.3. The van der Waals surface area contributed by atoms with Crippen molar-refractivity contribution in [3.05, 3.63) is 289 Å². The van der Waals surface area contributed by atoms with Crippen molar-refractivity contribution in [1.29, 1.82) is 0 Å². The predicted octanol–water partition coefficient (Wildman–Crippen LogP) is 18.9. The molecule has 0 aromatic heterocycles. The Hall–Kier alpha value is -8.88. The number of fused-ring (bicyclic) bond motifs is 10. The van der Waals surface area contributed by atoms with Crippen molar-refractivity contribution >= 4 is 21.5 Å². The summed E-state index contributed by atoms with van der Waals surface area (Å²) < 4.78 is 0.832. The molecule has 73 heavy (non-hydrogen) atoms. The Morgan fingerprint density at radius 2 is 0.521 bits per heavy atom. The number of hydrogen-bond donors (Lipinski definition) is 0. The van der Waals surface area contributed by atoms with Gasteiger partial charge >= 0.3 is 0 Å². The highest BCUT2D eigenvalue weighted by Crippen LogP contribution is 2.53. The molecule has 0 unspecified atom stereocenters. The van der Waals surface area contributed by atoms with E-state index in [4.69, 9.17) is 0 Å². The molecule has 0 aliphatic carbocycles. The van der Waals surface area contributed by atoms with Gasteiger partial charge in [-0.15, -0.1) is 0 Å². The minimum Gasteiger partial charge on any atom is -0.309 e. The topological polar surface area (TPSA) is 0 Å². The van der Waals surface area contributed by atoms with Gasteiger partial charge in [-0.25, -0.2) is 0 Å². The van der Waals surface area contributed by atoms with Crippen molar-refractivity contribution in [3.8, 4) is 89.0 Å². The number of quaternary nitrogens is 1. The van der Waals surface area contributed by atoms with Gasteiger partial charge in [-0.2, -0.15) is 0 Å². The van der Waals surface area contributed by atoms with E-state index in [1.165, 1.54) is 133 Å². The van der Waals surface area contributed by atoms with Crippen molar-refractivity contribution in [2.45, 2.75) is 26.2 Å². The van der Waals surface area contributed by atoms with Crippen LogP contribution in [-0.2, 0) is 26.2 Å². The van der Waals surface area contributed by atoms with E-state index in [1.807, 2.05) is 0 Å². The van der Waals surface area contributed by atoms with E-state index < -0.39 is 0 Å². The Labute approximate surface area is 428 Å². The van der Waals surface area contributed by atoms with Crippen LogP contribution < -0.4 is 0 Å². The molecule has 1 heteroatoms. The molecular weight excluding hydrogens is 879 g/mol. The Morgan fingerprint density at radius 1 is 0.219 bits per heavy atom. The summed E-state index contributed by atoms with van der Waals surface area (Å²) in [5.74, 6) is 0. The zero-order valence-corrected chi connectivity index (χ0v) is 40.7. The fourth-order valence-corrected chi connectivity index (χ4v) is 12.5. The summed E-state index contributed by atoms with van der Waals surface area (Å²) in [4.78, 5) is 0. The van der Waals surface area contributed by atoms with Crippen LogP contribution in [-0.4, -0.2) is 4.48 Å². The summed E-state index contributed by atoms with van der Waals surface area (Å²) in [5, 5.41) is 5.10. The largest absolute Gasteiger partial charge is 0.309 e. The summed E-state index contributed by atoms with van der Waals surface area (Å²) >= 11 is 0. The molecule has 12 aromatic rings. The first-order valence-corrected chi connectivity index (χ1v) is 25.8. The highest BCUT2D eigenvalue weighted by Gasteiger charge is 2.41. The predicted molar refractivity (Wildman–Crippen MR) is 306 cm³/mol. The Balaban J connectivity index is 1.13. The summed E-state index contributed by atoms with van der Waals surface area (Å²) in [5.41, 5.74) is 25.8. The molecule has 0 saturated heterocycles. The second-order valence-corrected chi connectivity index (χ2v) is 20.3. The van der Waals surface area contributed by atoms with Crippen molar-refractivity contribution in [1.82, 2.24) is 0 Å². The molecule has 0 atom stereocenters. The highest BCUT2D eigenvalue weighted by atomic mass is 15.4. The van der Waals surface area contributed by atoms with Gasteiger partial charge in [0.2, 0.25) is 0 Å². The van der Waals surface area contributed by atoms with Crippen LogP contribution in [0.15, 0.2) is 267 Å². The first-order chi connectivity index (χ1) is 36.1. The van der Waals surface area contributed by atoms with Crippen molar-refractivity contribution in [3.63, 3.8) is 0 Å². The van der Waals surface area contributed by atoms with Gasteiger partial charge in [-0.3, -0.25) is 0 Å². The first-order valence-electron chi connectivity index (χ1n) is 25.8. The number of benzene rings is 12. The molecule has 344 valence electrons. The van der Waals surface area contributed by atoms with Gasteiger partial charge in [0, 0.05) is 33.4 Å². The van der Waals surface area contributed by atoms with Crippen molar-refractivity contribution in [2.75, 3.05) is 0 Å². The van der Waals surface area contributed by atoms with E-state index in [1.54, 1.807) is 0 Å².